The molecule has 4 aromatic carbocycles. The van der Waals surface area contributed by atoms with E-state index in [0.29, 0.717) is 5.41 Å². The molecule has 1 aliphatic heterocycles. The smallest absolute Gasteiger partial charge is 0.162 e. The number of aryl methyl sites for hydroxylation is 1. The first kappa shape index (κ1) is 42.2. The molecule has 0 atom stereocenters. The van der Waals surface area contributed by atoms with Gasteiger partial charge in [-0.25, -0.2) is 0 Å². The summed E-state index contributed by atoms with van der Waals surface area (Å²) in [6, 6.07) is 23.4. The van der Waals surface area contributed by atoms with Gasteiger partial charge >= 0.3 is 0 Å². The molecule has 0 spiro atoms. The normalized spacial score (nSPS) is 13.0. The zero-order valence-corrected chi connectivity index (χ0v) is 36.3. The summed E-state index contributed by atoms with van der Waals surface area (Å²) in [5.74, 6) is 2.20. The van der Waals surface area contributed by atoms with Crippen LogP contribution in [-0.4, -0.2) is 15.9 Å². The molecule has 53 heavy (non-hydrogen) atoms. The summed E-state index contributed by atoms with van der Waals surface area (Å²) >= 11 is 0. The maximum Gasteiger partial charge on any atom is 0.162 e. The van der Waals surface area contributed by atoms with Gasteiger partial charge in [-0.3, -0.25) is 9.78 Å². The fraction of sp³-hybridized carbons (Fsp3) is 0.458. The van der Waals surface area contributed by atoms with Crippen LogP contribution in [0.3, 0.4) is 0 Å². The number of hydrogen-bond acceptors (Lipinski definition) is 4. The number of carbonyl (C=O) groups excluding carboxylic acids is 1. The van der Waals surface area contributed by atoms with Gasteiger partial charge in [0.2, 0.25) is 0 Å². The molecule has 5 aromatic rings. The number of rotatable bonds is 10. The SMILES string of the molecule is CC(C)(C)CCc1cccc2c1cc1c3c(nccc32)-c2[c-]c3ccccc3c(CC(C)(C)C)c2O1.CCC(CC)C(=O)/C=C(\O)C(C)(CC)CC.[Ir]. The number of aliphatic hydroxyl groups excluding tert-OH is 1. The molecular weight excluding hydrogens is 831 g/mol. The zero-order valence-electron chi connectivity index (χ0n) is 33.9. The second kappa shape index (κ2) is 16.9. The van der Waals surface area contributed by atoms with Gasteiger partial charge in [0.25, 0.3) is 0 Å². The molecule has 0 unspecified atom stereocenters. The fourth-order valence-electron chi connectivity index (χ4n) is 7.30. The van der Waals surface area contributed by atoms with Gasteiger partial charge in [0.1, 0.15) is 11.5 Å². The molecule has 5 heteroatoms. The Morgan fingerprint density at radius 3 is 2.13 bits per heavy atom. The van der Waals surface area contributed by atoms with Crippen molar-refractivity contribution in [3.8, 4) is 22.8 Å². The number of aromatic nitrogens is 1. The van der Waals surface area contributed by atoms with Crippen LogP contribution in [0.4, 0.5) is 0 Å². The molecule has 0 saturated heterocycles. The number of benzene rings is 4. The number of aliphatic hydroxyl groups is 1. The van der Waals surface area contributed by atoms with E-state index in [1.54, 1.807) is 0 Å². The molecule has 0 fully saturated rings. The second-order valence-electron chi connectivity index (χ2n) is 17.4. The van der Waals surface area contributed by atoms with E-state index in [9.17, 15) is 9.90 Å². The number of pyridine rings is 1. The van der Waals surface area contributed by atoms with Gasteiger partial charge in [-0.15, -0.1) is 17.5 Å². The summed E-state index contributed by atoms with van der Waals surface area (Å²) in [5, 5.41) is 17.2. The van der Waals surface area contributed by atoms with Gasteiger partial charge in [-0.2, -0.15) is 0 Å². The molecule has 1 radical (unpaired) electrons. The largest absolute Gasteiger partial charge is 0.512 e. The molecular formula is C48H60IrNO3-. The van der Waals surface area contributed by atoms with E-state index < -0.39 is 0 Å². The van der Waals surface area contributed by atoms with Crippen LogP contribution >= 0.6 is 0 Å². The summed E-state index contributed by atoms with van der Waals surface area (Å²) < 4.78 is 6.87. The number of carbonyl (C=O) groups is 1. The fourth-order valence-corrected chi connectivity index (χ4v) is 7.30. The number of ether oxygens (including phenoxy) is 1. The van der Waals surface area contributed by atoms with Crippen LogP contribution in [0, 0.1) is 28.2 Å². The van der Waals surface area contributed by atoms with Gasteiger partial charge in [0.05, 0.1) is 5.75 Å². The van der Waals surface area contributed by atoms with E-state index in [2.05, 4.69) is 102 Å². The molecule has 0 saturated carbocycles. The van der Waals surface area contributed by atoms with Crippen LogP contribution in [0.1, 0.15) is 119 Å². The molecule has 1 aromatic heterocycles. The van der Waals surface area contributed by atoms with Crippen molar-refractivity contribution in [2.24, 2.45) is 22.2 Å². The van der Waals surface area contributed by atoms with E-state index in [1.807, 2.05) is 40.8 Å². The van der Waals surface area contributed by atoms with Gasteiger partial charge in [0.15, 0.2) is 5.78 Å². The number of fused-ring (bicyclic) bond motifs is 5. The van der Waals surface area contributed by atoms with E-state index in [-0.39, 0.29) is 48.4 Å². The molecule has 2 heterocycles. The third kappa shape index (κ3) is 9.23. The molecule has 6 rings (SSSR count). The van der Waals surface area contributed by atoms with Crippen molar-refractivity contribution in [1.82, 2.24) is 4.98 Å². The summed E-state index contributed by atoms with van der Waals surface area (Å²) in [6.07, 6.45) is 9.89. The summed E-state index contributed by atoms with van der Waals surface area (Å²) in [5.41, 5.74) is 4.75. The Labute approximate surface area is 332 Å². The first-order chi connectivity index (χ1) is 24.5. The van der Waals surface area contributed by atoms with Crippen LogP contribution in [-0.2, 0) is 37.7 Å². The Balaban J connectivity index is 0.000000316. The molecule has 1 aliphatic rings. The van der Waals surface area contributed by atoms with Crippen molar-refractivity contribution in [3.05, 3.63) is 89.8 Å². The number of nitrogens with zero attached hydrogens (tertiary/aromatic N) is 1. The van der Waals surface area contributed by atoms with Gasteiger partial charge in [0, 0.05) is 54.8 Å². The Morgan fingerprint density at radius 1 is 0.849 bits per heavy atom. The predicted octanol–water partition coefficient (Wildman–Crippen LogP) is 13.9. The maximum absolute atomic E-state index is 11.9. The quantitative estimate of drug-likeness (QED) is 0.0644. The van der Waals surface area contributed by atoms with E-state index >= 15 is 0 Å². The topological polar surface area (TPSA) is 59.4 Å². The number of hydrogen-bond donors (Lipinski definition) is 1. The maximum atomic E-state index is 11.9. The van der Waals surface area contributed by atoms with Crippen LogP contribution in [0.2, 0.25) is 0 Å². The minimum absolute atomic E-state index is 0. The van der Waals surface area contributed by atoms with Gasteiger partial charge in [-0.05, 0) is 89.6 Å². The van der Waals surface area contributed by atoms with Gasteiger partial charge in [-0.1, -0.05) is 129 Å². The van der Waals surface area contributed by atoms with E-state index in [1.165, 1.54) is 38.7 Å². The van der Waals surface area contributed by atoms with Crippen molar-refractivity contribution in [2.45, 2.75) is 121 Å². The Kier molecular flexibility index (Phi) is 13.4. The Bertz CT molecular complexity index is 2110. The van der Waals surface area contributed by atoms with Crippen LogP contribution < -0.4 is 4.74 Å². The third-order valence-electron chi connectivity index (χ3n) is 11.1. The molecule has 0 aliphatic carbocycles. The average Bonchev–Trinajstić information content (AvgIpc) is 3.10. The Morgan fingerprint density at radius 2 is 1.51 bits per heavy atom. The number of allylic oxidation sites excluding steroid dienone is 2. The van der Waals surface area contributed by atoms with E-state index in [0.717, 1.165) is 78.5 Å². The van der Waals surface area contributed by atoms with Crippen LogP contribution in [0.15, 0.2) is 72.6 Å². The Hall–Kier alpha value is -3.53. The first-order valence-electron chi connectivity index (χ1n) is 19.5. The van der Waals surface area contributed by atoms with Crippen molar-refractivity contribution in [2.75, 3.05) is 0 Å². The summed E-state index contributed by atoms with van der Waals surface area (Å²) in [4.78, 5) is 16.8. The average molecular weight is 891 g/mol. The predicted molar refractivity (Wildman–Crippen MR) is 221 cm³/mol. The van der Waals surface area contributed by atoms with Crippen LogP contribution in [0.5, 0.6) is 11.5 Å². The van der Waals surface area contributed by atoms with Crippen molar-refractivity contribution in [3.63, 3.8) is 0 Å². The van der Waals surface area contributed by atoms with Crippen molar-refractivity contribution in [1.29, 1.82) is 0 Å². The molecule has 285 valence electrons. The number of ketones is 1. The third-order valence-corrected chi connectivity index (χ3v) is 11.1. The first-order valence-corrected chi connectivity index (χ1v) is 19.5. The monoisotopic (exact) mass is 891 g/mol. The van der Waals surface area contributed by atoms with Gasteiger partial charge < -0.3 is 9.84 Å². The van der Waals surface area contributed by atoms with E-state index in [4.69, 9.17) is 9.72 Å². The second-order valence-corrected chi connectivity index (χ2v) is 17.4. The van der Waals surface area contributed by atoms with Crippen molar-refractivity contribution < 1.29 is 34.7 Å². The molecule has 4 nitrogen and oxygen atoms in total. The summed E-state index contributed by atoms with van der Waals surface area (Å²) in [7, 11) is 0. The molecule has 0 amide bonds. The zero-order chi connectivity index (χ0) is 38.0. The molecule has 1 N–H and O–H groups in total. The van der Waals surface area contributed by atoms with Crippen LogP contribution in [0.25, 0.3) is 43.6 Å². The molecule has 0 bridgehead atoms. The minimum atomic E-state index is -0.248. The minimum Gasteiger partial charge on any atom is -0.512 e. The summed E-state index contributed by atoms with van der Waals surface area (Å²) in [6.45, 7) is 23.9. The van der Waals surface area contributed by atoms with Crippen molar-refractivity contribution >= 4 is 38.1 Å². The standard InChI is InChI=1S/C34H34NO.C14H26O2.Ir/c1-33(2,3)16-14-21-11-9-13-24-25-15-17-35-31-27-18-22-10-7-8-12-23(22)28(20-34(4,5)6)32(27)36-29(30(25)31)19-26(21)24;1-6-11(7-2)12(15)10-13(16)14(5,8-3)9-4;/h7-13,15,17,19H,14,16,20H2,1-6H3;10-11,16H,6-9H2,1-5H3;/q-1;;/b;13-10-;.